The fourth-order valence-corrected chi connectivity index (χ4v) is 3.96. The number of carboxylic acid groups (broad SMARTS) is 1. The smallest absolute Gasteiger partial charge is 0.303 e. The van der Waals surface area contributed by atoms with Crippen LogP contribution in [0.1, 0.15) is 58.3 Å². The molecule has 1 aliphatic heterocycles. The molecule has 25 heavy (non-hydrogen) atoms. The van der Waals surface area contributed by atoms with E-state index in [1.165, 1.54) is 0 Å². The molecule has 1 fully saturated rings. The van der Waals surface area contributed by atoms with Gasteiger partial charge in [-0.2, -0.15) is 0 Å². The molecule has 6 nitrogen and oxygen atoms in total. The van der Waals surface area contributed by atoms with Crippen LogP contribution < -0.4 is 0 Å². The number of carboxylic acids is 1. The molecule has 7 heteroatoms. The first-order valence-electron chi connectivity index (χ1n) is 9.16. The lowest BCUT2D eigenvalue weighted by Gasteiger charge is -2.23. The zero-order valence-electron chi connectivity index (χ0n) is 15.1. The summed E-state index contributed by atoms with van der Waals surface area (Å²) >= 11 is -1.11. The molecule has 0 spiro atoms. The second-order valence-corrected chi connectivity index (χ2v) is 8.18. The number of hydrogen-bond acceptors (Lipinski definition) is 4. The Hall–Kier alpha value is -1.05. The van der Waals surface area contributed by atoms with Gasteiger partial charge in [0.25, 0.3) is 0 Å². The minimum absolute atomic E-state index is 0.0235. The summed E-state index contributed by atoms with van der Waals surface area (Å²) in [4.78, 5) is 24.2. The van der Waals surface area contributed by atoms with Crippen molar-refractivity contribution in [3.63, 3.8) is 0 Å². The maximum atomic E-state index is 12.0. The second-order valence-electron chi connectivity index (χ2n) is 6.49. The van der Waals surface area contributed by atoms with E-state index in [4.69, 9.17) is 5.11 Å². The molecule has 0 aliphatic carbocycles. The monoisotopic (exact) mass is 373 g/mol. The van der Waals surface area contributed by atoms with Gasteiger partial charge in [-0.15, -0.1) is 0 Å². The Morgan fingerprint density at radius 1 is 1.40 bits per heavy atom. The summed E-state index contributed by atoms with van der Waals surface area (Å²) in [7, 11) is 0. The minimum Gasteiger partial charge on any atom is -0.616 e. The van der Waals surface area contributed by atoms with Crippen molar-refractivity contribution in [3.8, 4) is 0 Å². The van der Waals surface area contributed by atoms with Gasteiger partial charge < -0.3 is 19.7 Å². The number of hydrogen-bond donors (Lipinski definition) is 2. The first kappa shape index (κ1) is 22.0. The molecule has 1 heterocycles. The van der Waals surface area contributed by atoms with Crippen LogP contribution in [0, 0.1) is 0 Å². The molecule has 1 amide bonds. The highest BCUT2D eigenvalue weighted by molar-refractivity contribution is 7.91. The predicted octanol–water partition coefficient (Wildman–Crippen LogP) is 2.09. The van der Waals surface area contributed by atoms with E-state index in [0.29, 0.717) is 30.9 Å². The van der Waals surface area contributed by atoms with Crippen molar-refractivity contribution in [3.05, 3.63) is 12.2 Å². The lowest BCUT2D eigenvalue weighted by Crippen LogP contribution is -2.36. The average molecular weight is 374 g/mol. The third-order valence-corrected chi connectivity index (χ3v) is 5.74. The number of unbranched alkanes of at least 4 members (excludes halogenated alkanes) is 2. The number of rotatable bonds is 13. The summed E-state index contributed by atoms with van der Waals surface area (Å²) in [6.07, 6.45) is 8.76. The van der Waals surface area contributed by atoms with E-state index in [1.54, 1.807) is 11.0 Å². The summed E-state index contributed by atoms with van der Waals surface area (Å²) in [5, 5.41) is 18.6. The largest absolute Gasteiger partial charge is 0.616 e. The van der Waals surface area contributed by atoms with Crippen LogP contribution >= 0.6 is 0 Å². The summed E-state index contributed by atoms with van der Waals surface area (Å²) in [6, 6.07) is -0.0376. The van der Waals surface area contributed by atoms with Gasteiger partial charge in [0.15, 0.2) is 0 Å². The van der Waals surface area contributed by atoms with Crippen molar-refractivity contribution >= 4 is 23.1 Å². The maximum absolute atomic E-state index is 12.0. The Labute approximate surface area is 153 Å². The van der Waals surface area contributed by atoms with Gasteiger partial charge >= 0.3 is 5.97 Å². The van der Waals surface area contributed by atoms with Crippen molar-refractivity contribution in [1.82, 2.24) is 4.90 Å². The van der Waals surface area contributed by atoms with Crippen LogP contribution in [-0.4, -0.2) is 61.7 Å². The van der Waals surface area contributed by atoms with Crippen molar-refractivity contribution < 1.29 is 24.4 Å². The molecule has 3 atom stereocenters. The van der Waals surface area contributed by atoms with Gasteiger partial charge in [-0.05, 0) is 12.8 Å². The van der Waals surface area contributed by atoms with E-state index < -0.39 is 23.2 Å². The topological polar surface area (TPSA) is 101 Å². The Bertz CT molecular complexity index is 443. The van der Waals surface area contributed by atoms with E-state index >= 15 is 0 Å². The quantitative estimate of drug-likeness (QED) is 0.292. The van der Waals surface area contributed by atoms with Crippen molar-refractivity contribution in [2.45, 2.75) is 70.4 Å². The molecule has 144 valence electrons. The molecule has 2 N–H and O–H groups in total. The van der Waals surface area contributed by atoms with Crippen LogP contribution in [0.5, 0.6) is 0 Å². The number of aliphatic hydroxyl groups is 1. The molecule has 1 rings (SSSR count). The van der Waals surface area contributed by atoms with Gasteiger partial charge in [0.2, 0.25) is 5.91 Å². The van der Waals surface area contributed by atoms with Gasteiger partial charge in [0, 0.05) is 19.3 Å². The third-order valence-electron chi connectivity index (χ3n) is 4.36. The fraction of sp³-hybridized carbons (Fsp3) is 0.778. The van der Waals surface area contributed by atoms with E-state index in [1.807, 2.05) is 6.08 Å². The van der Waals surface area contributed by atoms with Crippen LogP contribution in [0.25, 0.3) is 0 Å². The van der Waals surface area contributed by atoms with Crippen LogP contribution in [0.15, 0.2) is 12.2 Å². The Morgan fingerprint density at radius 3 is 2.84 bits per heavy atom. The molecule has 0 aromatic rings. The third kappa shape index (κ3) is 9.28. The van der Waals surface area contributed by atoms with E-state index in [0.717, 1.165) is 32.1 Å². The molecule has 1 unspecified atom stereocenters. The Balaban J connectivity index is 2.37. The van der Waals surface area contributed by atoms with Crippen LogP contribution in [0.4, 0.5) is 0 Å². The van der Waals surface area contributed by atoms with Gasteiger partial charge in [0.05, 0.1) is 18.7 Å². The van der Waals surface area contributed by atoms with Crippen LogP contribution in [-0.2, 0) is 20.8 Å². The normalized spacial score (nSPS) is 20.4. The van der Waals surface area contributed by atoms with Gasteiger partial charge in [-0.3, -0.25) is 9.59 Å². The molecule has 1 saturated heterocycles. The molecule has 0 bridgehead atoms. The highest BCUT2D eigenvalue weighted by atomic mass is 32.2. The van der Waals surface area contributed by atoms with Gasteiger partial charge in [0.1, 0.15) is 11.5 Å². The Kier molecular flexibility index (Phi) is 10.8. The lowest BCUT2D eigenvalue weighted by atomic mass is 10.1. The molecule has 0 radical (unpaired) electrons. The van der Waals surface area contributed by atoms with Crippen molar-refractivity contribution in [2.24, 2.45) is 0 Å². The fourth-order valence-electron chi connectivity index (χ4n) is 2.89. The predicted molar refractivity (Wildman–Crippen MR) is 98.8 cm³/mol. The number of amides is 1. The van der Waals surface area contributed by atoms with E-state index in [2.05, 4.69) is 6.92 Å². The number of carbonyl (C=O) groups is 2. The zero-order valence-corrected chi connectivity index (χ0v) is 15.9. The average Bonchev–Trinajstić information content (AvgIpc) is 2.91. The van der Waals surface area contributed by atoms with E-state index in [-0.39, 0.29) is 18.4 Å². The highest BCUT2D eigenvalue weighted by Gasteiger charge is 2.29. The number of likely N-dealkylation sites (tertiary alicyclic amines) is 1. The molecular formula is C18H31NO5S. The SMILES string of the molecule is CCCCC[C@H](O)C=C[C@H]1CCC(=O)N1CC[S+]([O-])CCCC(=O)O. The summed E-state index contributed by atoms with van der Waals surface area (Å²) < 4.78 is 11.9. The van der Waals surface area contributed by atoms with Crippen LogP contribution in [0.3, 0.4) is 0 Å². The Morgan fingerprint density at radius 2 is 2.16 bits per heavy atom. The number of carbonyl (C=O) groups excluding carboxylic acids is 1. The first-order chi connectivity index (χ1) is 11.9. The van der Waals surface area contributed by atoms with Gasteiger partial charge in [-0.1, -0.05) is 49.5 Å². The van der Waals surface area contributed by atoms with Crippen molar-refractivity contribution in [1.29, 1.82) is 0 Å². The molecule has 0 aromatic carbocycles. The highest BCUT2D eigenvalue weighted by Crippen LogP contribution is 2.20. The first-order valence-corrected chi connectivity index (χ1v) is 10.7. The maximum Gasteiger partial charge on any atom is 0.303 e. The van der Waals surface area contributed by atoms with Gasteiger partial charge in [-0.25, -0.2) is 0 Å². The molecular weight excluding hydrogens is 342 g/mol. The lowest BCUT2D eigenvalue weighted by molar-refractivity contribution is -0.137. The number of aliphatic carboxylic acids is 1. The van der Waals surface area contributed by atoms with Crippen molar-refractivity contribution in [2.75, 3.05) is 18.1 Å². The summed E-state index contributed by atoms with van der Waals surface area (Å²) in [5.74, 6) is -0.105. The number of nitrogens with zero attached hydrogens (tertiary/aromatic N) is 1. The summed E-state index contributed by atoms with van der Waals surface area (Å²) in [6.45, 7) is 2.54. The number of aliphatic hydroxyl groups excluding tert-OH is 1. The van der Waals surface area contributed by atoms with E-state index in [9.17, 15) is 19.2 Å². The van der Waals surface area contributed by atoms with Crippen LogP contribution in [0.2, 0.25) is 0 Å². The molecule has 0 saturated carbocycles. The minimum atomic E-state index is -1.11. The molecule has 0 aromatic heterocycles. The molecule has 1 aliphatic rings. The standard InChI is InChI=1S/C18H31NO5S/c1-2-3-4-6-16(20)10-8-15-9-11-17(21)19(15)12-14-25(24)13-5-7-18(22)23/h8,10,15-16,20H,2-7,9,11-14H2,1H3,(H,22,23)/t15-,16-,25?/m0/s1. The second kappa shape index (κ2) is 12.3. The zero-order chi connectivity index (χ0) is 18.7. The summed E-state index contributed by atoms with van der Waals surface area (Å²) in [5.41, 5.74) is 0.